The second-order valence-electron chi connectivity index (χ2n) is 6.66. The third-order valence-corrected chi connectivity index (χ3v) is 5.27. The van der Waals surface area contributed by atoms with Crippen LogP contribution in [-0.2, 0) is 16.0 Å². The van der Waals surface area contributed by atoms with Gasteiger partial charge in [0.05, 0.1) is 5.41 Å². The van der Waals surface area contributed by atoms with Gasteiger partial charge in [0, 0.05) is 37.1 Å². The maximum Gasteiger partial charge on any atom is 0.231 e. The lowest BCUT2D eigenvalue weighted by atomic mass is 9.74. The number of primary amides is 1. The molecule has 2 aliphatic rings. The SMILES string of the molecule is NC(=O)C1CCN(C(=O)C2(Cc3ccc(Cl)cc3)CNC2)CC1. The maximum absolute atomic E-state index is 13.0. The predicted molar refractivity (Wildman–Crippen MR) is 89.0 cm³/mol. The van der Waals surface area contributed by atoms with Crippen LogP contribution >= 0.6 is 11.6 Å². The van der Waals surface area contributed by atoms with Crippen LogP contribution < -0.4 is 11.1 Å². The third-order valence-electron chi connectivity index (χ3n) is 5.02. The first-order valence-corrected chi connectivity index (χ1v) is 8.42. The van der Waals surface area contributed by atoms with Crippen LogP contribution in [0.5, 0.6) is 0 Å². The lowest BCUT2D eigenvalue weighted by Crippen LogP contribution is -2.64. The lowest BCUT2D eigenvalue weighted by Gasteiger charge is -2.45. The number of nitrogens with two attached hydrogens (primary N) is 1. The fraction of sp³-hybridized carbons (Fsp3) is 0.529. The van der Waals surface area contributed by atoms with Crippen molar-refractivity contribution in [2.45, 2.75) is 19.3 Å². The molecule has 23 heavy (non-hydrogen) atoms. The largest absolute Gasteiger partial charge is 0.369 e. The van der Waals surface area contributed by atoms with Gasteiger partial charge in [0.1, 0.15) is 0 Å². The van der Waals surface area contributed by atoms with Gasteiger partial charge in [0.2, 0.25) is 11.8 Å². The molecular weight excluding hydrogens is 314 g/mol. The second kappa shape index (κ2) is 6.49. The van der Waals surface area contributed by atoms with E-state index in [-0.39, 0.29) is 23.1 Å². The van der Waals surface area contributed by atoms with Crippen molar-refractivity contribution in [3.8, 4) is 0 Å². The van der Waals surface area contributed by atoms with Gasteiger partial charge in [-0.15, -0.1) is 0 Å². The Balaban J connectivity index is 1.67. The highest BCUT2D eigenvalue weighted by atomic mass is 35.5. The van der Waals surface area contributed by atoms with Gasteiger partial charge in [0.25, 0.3) is 0 Å². The Bertz CT molecular complexity index is 590. The topological polar surface area (TPSA) is 75.4 Å². The summed E-state index contributed by atoms with van der Waals surface area (Å²) >= 11 is 5.93. The van der Waals surface area contributed by atoms with Crippen LogP contribution in [0.25, 0.3) is 0 Å². The highest BCUT2D eigenvalue weighted by molar-refractivity contribution is 6.30. The Morgan fingerprint density at radius 3 is 2.30 bits per heavy atom. The summed E-state index contributed by atoms with van der Waals surface area (Å²) in [6.07, 6.45) is 2.06. The molecule has 3 rings (SSSR count). The van der Waals surface area contributed by atoms with E-state index in [1.54, 1.807) is 0 Å². The van der Waals surface area contributed by atoms with Crippen molar-refractivity contribution in [2.75, 3.05) is 26.2 Å². The molecule has 3 N–H and O–H groups in total. The number of likely N-dealkylation sites (tertiary alicyclic amines) is 1. The van der Waals surface area contributed by atoms with E-state index in [0.717, 1.165) is 5.56 Å². The summed E-state index contributed by atoms with van der Waals surface area (Å²) in [6, 6.07) is 7.68. The van der Waals surface area contributed by atoms with Crippen molar-refractivity contribution in [3.05, 3.63) is 34.9 Å². The first-order chi connectivity index (χ1) is 11.0. The number of halogens is 1. The van der Waals surface area contributed by atoms with E-state index < -0.39 is 0 Å². The molecule has 2 saturated heterocycles. The molecule has 0 radical (unpaired) electrons. The summed E-state index contributed by atoms with van der Waals surface area (Å²) in [5.41, 5.74) is 6.12. The Hall–Kier alpha value is -1.59. The number of benzene rings is 1. The highest BCUT2D eigenvalue weighted by Gasteiger charge is 2.47. The summed E-state index contributed by atoms with van der Waals surface area (Å²) in [7, 11) is 0. The number of nitrogens with one attached hydrogen (secondary N) is 1. The fourth-order valence-corrected chi connectivity index (χ4v) is 3.60. The summed E-state index contributed by atoms with van der Waals surface area (Å²) in [5, 5.41) is 3.94. The van der Waals surface area contributed by atoms with E-state index in [2.05, 4.69) is 5.32 Å². The molecule has 0 unspecified atom stereocenters. The predicted octanol–water partition coefficient (Wildman–Crippen LogP) is 1.20. The number of rotatable bonds is 4. The van der Waals surface area contributed by atoms with E-state index in [1.165, 1.54) is 0 Å². The van der Waals surface area contributed by atoms with Gasteiger partial charge >= 0.3 is 0 Å². The maximum atomic E-state index is 13.0. The van der Waals surface area contributed by atoms with Crippen LogP contribution in [0.2, 0.25) is 5.02 Å². The summed E-state index contributed by atoms with van der Waals surface area (Å²) < 4.78 is 0. The highest BCUT2D eigenvalue weighted by Crippen LogP contribution is 2.32. The van der Waals surface area contributed by atoms with Crippen molar-refractivity contribution in [1.29, 1.82) is 0 Å². The van der Waals surface area contributed by atoms with E-state index in [0.29, 0.717) is 50.5 Å². The molecule has 2 aliphatic heterocycles. The molecule has 1 aromatic rings. The molecule has 2 heterocycles. The molecular formula is C17H22ClN3O2. The van der Waals surface area contributed by atoms with Gasteiger partial charge in [-0.2, -0.15) is 0 Å². The average molecular weight is 336 g/mol. The van der Waals surface area contributed by atoms with Crippen LogP contribution in [0.3, 0.4) is 0 Å². The van der Waals surface area contributed by atoms with Crippen LogP contribution in [0.4, 0.5) is 0 Å². The summed E-state index contributed by atoms with van der Waals surface area (Å²) in [5.74, 6) is -0.154. The first kappa shape index (κ1) is 16.3. The number of amides is 2. The van der Waals surface area contributed by atoms with Crippen molar-refractivity contribution in [3.63, 3.8) is 0 Å². The minimum Gasteiger partial charge on any atom is -0.369 e. The molecule has 124 valence electrons. The van der Waals surface area contributed by atoms with Gasteiger partial charge in [-0.05, 0) is 37.0 Å². The zero-order chi connectivity index (χ0) is 16.4. The van der Waals surface area contributed by atoms with Crippen LogP contribution in [-0.4, -0.2) is 42.9 Å². The van der Waals surface area contributed by atoms with Crippen LogP contribution in [0.1, 0.15) is 18.4 Å². The number of hydrogen-bond donors (Lipinski definition) is 2. The molecule has 0 bridgehead atoms. The van der Waals surface area contributed by atoms with Gasteiger partial charge in [0.15, 0.2) is 0 Å². The van der Waals surface area contributed by atoms with Gasteiger partial charge in [-0.25, -0.2) is 0 Å². The second-order valence-corrected chi connectivity index (χ2v) is 7.09. The summed E-state index contributed by atoms with van der Waals surface area (Å²) in [4.78, 5) is 26.2. The Labute approximate surface area is 141 Å². The molecule has 0 aliphatic carbocycles. The third kappa shape index (κ3) is 3.35. The van der Waals surface area contributed by atoms with E-state index in [4.69, 9.17) is 17.3 Å². The van der Waals surface area contributed by atoms with Gasteiger partial charge in [-0.1, -0.05) is 23.7 Å². The van der Waals surface area contributed by atoms with E-state index in [1.807, 2.05) is 29.2 Å². The Morgan fingerprint density at radius 1 is 1.22 bits per heavy atom. The Morgan fingerprint density at radius 2 is 1.83 bits per heavy atom. The van der Waals surface area contributed by atoms with Crippen molar-refractivity contribution >= 4 is 23.4 Å². The summed E-state index contributed by atoms with van der Waals surface area (Å²) in [6.45, 7) is 2.64. The first-order valence-electron chi connectivity index (χ1n) is 8.04. The molecule has 6 heteroatoms. The number of hydrogen-bond acceptors (Lipinski definition) is 3. The van der Waals surface area contributed by atoms with E-state index >= 15 is 0 Å². The quantitative estimate of drug-likeness (QED) is 0.868. The Kier molecular flexibility index (Phi) is 4.60. The standard InChI is InChI=1S/C17H22ClN3O2/c18-14-3-1-12(2-4-14)9-17(10-20-11-17)16(23)21-7-5-13(6-8-21)15(19)22/h1-4,13,20H,5-11H2,(H2,19,22). The molecule has 2 fully saturated rings. The minimum atomic E-state index is -0.368. The smallest absolute Gasteiger partial charge is 0.231 e. The van der Waals surface area contributed by atoms with Gasteiger partial charge < -0.3 is 16.0 Å². The molecule has 0 spiro atoms. The molecule has 0 aromatic heterocycles. The molecule has 0 saturated carbocycles. The molecule has 2 amide bonds. The zero-order valence-electron chi connectivity index (χ0n) is 13.1. The number of carbonyl (C=O) groups excluding carboxylic acids is 2. The van der Waals surface area contributed by atoms with Crippen LogP contribution in [0.15, 0.2) is 24.3 Å². The monoisotopic (exact) mass is 335 g/mol. The lowest BCUT2D eigenvalue weighted by molar-refractivity contribution is -0.147. The van der Waals surface area contributed by atoms with Crippen molar-refractivity contribution in [1.82, 2.24) is 10.2 Å². The normalized spacial score (nSPS) is 20.8. The van der Waals surface area contributed by atoms with E-state index in [9.17, 15) is 9.59 Å². The fourth-order valence-electron chi connectivity index (χ4n) is 3.47. The number of carbonyl (C=O) groups is 2. The molecule has 0 atom stereocenters. The molecule has 1 aromatic carbocycles. The minimum absolute atomic E-state index is 0.0919. The van der Waals surface area contributed by atoms with Gasteiger partial charge in [-0.3, -0.25) is 9.59 Å². The van der Waals surface area contributed by atoms with Crippen LogP contribution in [0, 0.1) is 11.3 Å². The zero-order valence-corrected chi connectivity index (χ0v) is 13.8. The van der Waals surface area contributed by atoms with Crippen molar-refractivity contribution < 1.29 is 9.59 Å². The van der Waals surface area contributed by atoms with Crippen molar-refractivity contribution in [2.24, 2.45) is 17.1 Å². The number of piperidine rings is 1. The average Bonchev–Trinajstić information content (AvgIpc) is 2.52. The number of nitrogens with zero attached hydrogens (tertiary/aromatic N) is 1. The molecule has 5 nitrogen and oxygen atoms in total.